The van der Waals surface area contributed by atoms with E-state index in [1.54, 1.807) is 6.92 Å². The Morgan fingerprint density at radius 3 is 2.63 bits per heavy atom. The molecule has 0 saturated carbocycles. The summed E-state index contributed by atoms with van der Waals surface area (Å²) in [5, 5.41) is 0.134. The molecule has 0 radical (unpaired) electrons. The third kappa shape index (κ3) is 3.33. The Hall–Kier alpha value is -0.950. The zero-order valence-electron chi connectivity index (χ0n) is 10.6. The van der Waals surface area contributed by atoms with Crippen molar-refractivity contribution >= 4 is 21.6 Å². The number of benzene rings is 1. The molecule has 106 valence electrons. The van der Waals surface area contributed by atoms with Gasteiger partial charge in [-0.25, -0.2) is 12.8 Å². The van der Waals surface area contributed by atoms with Gasteiger partial charge in [0.1, 0.15) is 10.7 Å². The summed E-state index contributed by atoms with van der Waals surface area (Å²) in [5.74, 6) is -0.852. The summed E-state index contributed by atoms with van der Waals surface area (Å²) in [6.07, 6.45) is 1.44. The minimum absolute atomic E-state index is 0.0701. The highest BCUT2D eigenvalue weighted by molar-refractivity contribution is 7.89. The molecule has 0 fully saturated rings. The average Bonchev–Trinajstić information content (AvgIpc) is 2.37. The van der Waals surface area contributed by atoms with Crippen LogP contribution in [0.15, 0.2) is 29.7 Å². The number of nitrogens with two attached hydrogens (primary N) is 1. The zero-order valence-corrected chi connectivity index (χ0v) is 12.1. The van der Waals surface area contributed by atoms with Crippen LogP contribution in [0, 0.1) is 5.82 Å². The fourth-order valence-corrected chi connectivity index (χ4v) is 3.49. The van der Waals surface area contributed by atoms with E-state index in [9.17, 15) is 12.8 Å². The maximum Gasteiger partial charge on any atom is 0.246 e. The molecule has 19 heavy (non-hydrogen) atoms. The molecule has 0 spiro atoms. The van der Waals surface area contributed by atoms with E-state index in [4.69, 9.17) is 17.3 Å². The smallest absolute Gasteiger partial charge is 0.246 e. The normalized spacial score (nSPS) is 11.8. The molecule has 4 nitrogen and oxygen atoms in total. The number of hydrogen-bond acceptors (Lipinski definition) is 3. The maximum atomic E-state index is 14.1. The van der Waals surface area contributed by atoms with Crippen molar-refractivity contribution in [3.05, 3.63) is 41.2 Å². The first-order valence-electron chi connectivity index (χ1n) is 5.67. The van der Waals surface area contributed by atoms with Gasteiger partial charge in [0.15, 0.2) is 0 Å². The molecule has 2 N–H and O–H groups in total. The van der Waals surface area contributed by atoms with Crippen LogP contribution in [0.4, 0.5) is 4.39 Å². The van der Waals surface area contributed by atoms with Crippen molar-refractivity contribution in [3.8, 4) is 0 Å². The monoisotopic (exact) mass is 306 g/mol. The fourth-order valence-electron chi connectivity index (χ4n) is 1.63. The summed E-state index contributed by atoms with van der Waals surface area (Å²) in [7, 11) is -3.95. The third-order valence-corrected chi connectivity index (χ3v) is 4.76. The van der Waals surface area contributed by atoms with Gasteiger partial charge < -0.3 is 5.73 Å². The first-order chi connectivity index (χ1) is 8.88. The SMILES string of the molecule is C=CCN(CC)S(=O)(=O)c1cc(Cl)cc(CN)c1F. The predicted molar refractivity (Wildman–Crippen MR) is 73.9 cm³/mol. The molecule has 0 aliphatic carbocycles. The van der Waals surface area contributed by atoms with Crippen molar-refractivity contribution in [2.75, 3.05) is 13.1 Å². The van der Waals surface area contributed by atoms with E-state index >= 15 is 0 Å². The van der Waals surface area contributed by atoms with Crippen molar-refractivity contribution in [2.45, 2.75) is 18.4 Å². The minimum atomic E-state index is -3.95. The van der Waals surface area contributed by atoms with Crippen LogP contribution in [0.1, 0.15) is 12.5 Å². The summed E-state index contributed by atoms with van der Waals surface area (Å²) in [6, 6.07) is 2.41. The molecule has 0 bridgehead atoms. The van der Waals surface area contributed by atoms with Gasteiger partial charge in [-0.2, -0.15) is 4.31 Å². The summed E-state index contributed by atoms with van der Waals surface area (Å²) in [6.45, 7) is 5.33. The van der Waals surface area contributed by atoms with Gasteiger partial charge in [0.2, 0.25) is 10.0 Å². The summed E-state index contributed by atoms with van der Waals surface area (Å²) in [4.78, 5) is -0.454. The molecule has 0 atom stereocenters. The van der Waals surface area contributed by atoms with Crippen LogP contribution in [0.2, 0.25) is 5.02 Å². The fraction of sp³-hybridized carbons (Fsp3) is 0.333. The van der Waals surface area contributed by atoms with Gasteiger partial charge in [-0.05, 0) is 12.1 Å². The number of rotatable bonds is 6. The van der Waals surface area contributed by atoms with E-state index in [2.05, 4.69) is 6.58 Å². The number of likely N-dealkylation sites (N-methyl/N-ethyl adjacent to an activating group) is 1. The number of sulfonamides is 1. The van der Waals surface area contributed by atoms with Gasteiger partial charge in [-0.15, -0.1) is 6.58 Å². The van der Waals surface area contributed by atoms with Crippen LogP contribution in [-0.2, 0) is 16.6 Å². The second kappa shape index (κ2) is 6.47. The third-order valence-electron chi connectivity index (χ3n) is 2.60. The van der Waals surface area contributed by atoms with Crippen LogP contribution in [0.25, 0.3) is 0 Å². The highest BCUT2D eigenvalue weighted by Gasteiger charge is 2.27. The Kier molecular flexibility index (Phi) is 5.49. The average molecular weight is 307 g/mol. The highest BCUT2D eigenvalue weighted by atomic mass is 35.5. The van der Waals surface area contributed by atoms with Crippen LogP contribution in [0.3, 0.4) is 0 Å². The molecule has 7 heteroatoms. The number of hydrogen-bond donors (Lipinski definition) is 1. The van der Waals surface area contributed by atoms with E-state index in [0.29, 0.717) is 0 Å². The maximum absolute atomic E-state index is 14.1. The topological polar surface area (TPSA) is 63.4 Å². The van der Waals surface area contributed by atoms with E-state index in [-0.39, 0.29) is 30.2 Å². The Morgan fingerprint density at radius 2 is 2.16 bits per heavy atom. The standard InChI is InChI=1S/C12H16ClFN2O2S/c1-3-5-16(4-2)19(17,18)11-7-10(13)6-9(8-15)12(11)14/h3,6-7H,1,4-5,8,15H2,2H3. The quantitative estimate of drug-likeness (QED) is 0.819. The second-order valence-corrected chi connectivity index (χ2v) is 6.17. The molecule has 0 aliphatic rings. The van der Waals surface area contributed by atoms with Gasteiger partial charge >= 0.3 is 0 Å². The molecule has 1 rings (SSSR count). The molecule has 0 aromatic heterocycles. The van der Waals surface area contributed by atoms with Crippen molar-refractivity contribution in [3.63, 3.8) is 0 Å². The van der Waals surface area contributed by atoms with Crippen molar-refractivity contribution in [1.29, 1.82) is 0 Å². The first-order valence-corrected chi connectivity index (χ1v) is 7.49. The van der Waals surface area contributed by atoms with Gasteiger partial charge in [0.25, 0.3) is 0 Å². The molecule has 0 unspecified atom stereocenters. The lowest BCUT2D eigenvalue weighted by molar-refractivity contribution is 0.452. The largest absolute Gasteiger partial charge is 0.326 e. The molecule has 0 saturated heterocycles. The van der Waals surface area contributed by atoms with Gasteiger partial charge in [0, 0.05) is 30.2 Å². The molecule has 1 aromatic carbocycles. The van der Waals surface area contributed by atoms with E-state index in [1.807, 2.05) is 0 Å². The predicted octanol–water partition coefficient (Wildman–Crippen LogP) is 2.13. The van der Waals surface area contributed by atoms with Crippen LogP contribution in [-0.4, -0.2) is 25.8 Å². The second-order valence-electron chi connectivity index (χ2n) is 3.83. The molecule has 1 aromatic rings. The molecular formula is C12H16ClFN2O2S. The molecule has 0 heterocycles. The highest BCUT2D eigenvalue weighted by Crippen LogP contribution is 2.26. The Bertz CT molecular complexity index is 575. The minimum Gasteiger partial charge on any atom is -0.326 e. The van der Waals surface area contributed by atoms with E-state index in [0.717, 1.165) is 10.4 Å². The van der Waals surface area contributed by atoms with E-state index in [1.165, 1.54) is 12.1 Å². The van der Waals surface area contributed by atoms with Gasteiger partial charge in [0.05, 0.1) is 0 Å². The molecule has 0 aliphatic heterocycles. The number of nitrogens with zero attached hydrogens (tertiary/aromatic N) is 1. The first kappa shape index (κ1) is 16.1. The molecule has 0 amide bonds. The lowest BCUT2D eigenvalue weighted by Gasteiger charge is -2.20. The lowest BCUT2D eigenvalue weighted by atomic mass is 10.2. The van der Waals surface area contributed by atoms with Crippen LogP contribution >= 0.6 is 11.6 Å². The Balaban J connectivity index is 3.43. The Labute approximate surface area is 117 Å². The van der Waals surface area contributed by atoms with Crippen molar-refractivity contribution in [2.24, 2.45) is 5.73 Å². The van der Waals surface area contributed by atoms with Crippen molar-refractivity contribution in [1.82, 2.24) is 4.31 Å². The van der Waals surface area contributed by atoms with Gasteiger partial charge in [-0.1, -0.05) is 24.6 Å². The van der Waals surface area contributed by atoms with Gasteiger partial charge in [-0.3, -0.25) is 0 Å². The zero-order chi connectivity index (χ0) is 14.6. The van der Waals surface area contributed by atoms with Crippen LogP contribution in [0.5, 0.6) is 0 Å². The molecular weight excluding hydrogens is 291 g/mol. The van der Waals surface area contributed by atoms with Crippen molar-refractivity contribution < 1.29 is 12.8 Å². The summed E-state index contributed by atoms with van der Waals surface area (Å²) >= 11 is 5.81. The lowest BCUT2D eigenvalue weighted by Crippen LogP contribution is -2.32. The van der Waals surface area contributed by atoms with Crippen LogP contribution < -0.4 is 5.73 Å². The Morgan fingerprint density at radius 1 is 1.53 bits per heavy atom. The number of halogens is 2. The van der Waals surface area contributed by atoms with E-state index < -0.39 is 20.7 Å². The summed E-state index contributed by atoms with van der Waals surface area (Å²) < 4.78 is 39.9. The summed E-state index contributed by atoms with van der Waals surface area (Å²) in [5.41, 5.74) is 5.45.